The highest BCUT2D eigenvalue weighted by atomic mass is 16.2. The maximum Gasteiger partial charge on any atom is 0.237 e. The van der Waals surface area contributed by atoms with Crippen LogP contribution in [0.3, 0.4) is 0 Å². The number of carbonyl (C=O) groups excluding carboxylic acids is 1. The molecule has 6 heteroatoms. The van der Waals surface area contributed by atoms with Crippen molar-refractivity contribution >= 4 is 5.91 Å². The molecule has 0 saturated heterocycles. The van der Waals surface area contributed by atoms with E-state index in [2.05, 4.69) is 34.3 Å². The van der Waals surface area contributed by atoms with Crippen LogP contribution in [0.1, 0.15) is 31.0 Å². The molecule has 1 atom stereocenters. The van der Waals surface area contributed by atoms with Crippen molar-refractivity contribution in [2.45, 2.75) is 44.8 Å². The van der Waals surface area contributed by atoms with E-state index in [1.165, 1.54) is 18.4 Å². The molecule has 0 spiro atoms. The Hall–Kier alpha value is -2.18. The van der Waals surface area contributed by atoms with Crippen molar-refractivity contribution in [2.24, 2.45) is 5.73 Å². The molecule has 1 amide bonds. The van der Waals surface area contributed by atoms with Crippen LogP contribution in [-0.2, 0) is 17.8 Å². The minimum Gasteiger partial charge on any atom is -0.353 e. The molecular weight excluding hydrogens is 326 g/mol. The number of amides is 1. The third-order valence-corrected chi connectivity index (χ3v) is 4.83. The number of hydrogen-bond acceptors (Lipinski definition) is 4. The molecule has 26 heavy (non-hydrogen) atoms. The van der Waals surface area contributed by atoms with Crippen molar-refractivity contribution < 1.29 is 4.79 Å². The Labute approximate surface area is 155 Å². The van der Waals surface area contributed by atoms with Crippen LogP contribution in [-0.4, -0.2) is 52.1 Å². The molecule has 1 aromatic carbocycles. The predicted octanol–water partition coefficient (Wildman–Crippen LogP) is 1.40. The standard InChI is InChI=1S/C20H29N5O/c1-2-25(18-8-9-18)11-10-22-20(26)19(21)12-17-14-24(15-23-17)13-16-6-4-3-5-7-16/h3-7,14-15,18-19H,2,8-13,21H2,1H3,(H,22,26)/t19-/m0/s1. The minimum absolute atomic E-state index is 0.102. The Morgan fingerprint density at radius 2 is 2.15 bits per heavy atom. The van der Waals surface area contributed by atoms with Gasteiger partial charge in [0.15, 0.2) is 0 Å². The molecule has 3 rings (SSSR count). The van der Waals surface area contributed by atoms with E-state index in [0.29, 0.717) is 13.0 Å². The summed E-state index contributed by atoms with van der Waals surface area (Å²) in [6.07, 6.45) is 6.78. The molecule has 1 heterocycles. The van der Waals surface area contributed by atoms with E-state index in [1.807, 2.05) is 29.0 Å². The summed E-state index contributed by atoms with van der Waals surface area (Å²) >= 11 is 0. The van der Waals surface area contributed by atoms with Crippen molar-refractivity contribution in [3.63, 3.8) is 0 Å². The van der Waals surface area contributed by atoms with Gasteiger partial charge < -0.3 is 15.6 Å². The highest BCUT2D eigenvalue weighted by Crippen LogP contribution is 2.25. The smallest absolute Gasteiger partial charge is 0.237 e. The first-order valence-electron chi connectivity index (χ1n) is 9.47. The molecule has 1 aromatic heterocycles. The van der Waals surface area contributed by atoms with E-state index in [4.69, 9.17) is 5.73 Å². The zero-order valence-corrected chi connectivity index (χ0v) is 15.5. The number of imidazole rings is 1. The summed E-state index contributed by atoms with van der Waals surface area (Å²) in [7, 11) is 0. The Bertz CT molecular complexity index is 695. The van der Waals surface area contributed by atoms with Crippen molar-refractivity contribution in [2.75, 3.05) is 19.6 Å². The summed E-state index contributed by atoms with van der Waals surface area (Å²) in [5.74, 6) is -0.102. The molecule has 0 aliphatic heterocycles. The Morgan fingerprint density at radius 3 is 2.85 bits per heavy atom. The summed E-state index contributed by atoms with van der Waals surface area (Å²) in [5, 5.41) is 2.96. The summed E-state index contributed by atoms with van der Waals surface area (Å²) in [4.78, 5) is 19.0. The Balaban J connectivity index is 1.42. The van der Waals surface area contributed by atoms with Crippen LogP contribution < -0.4 is 11.1 Å². The first-order valence-corrected chi connectivity index (χ1v) is 9.47. The molecule has 2 aromatic rings. The lowest BCUT2D eigenvalue weighted by Gasteiger charge is -2.20. The number of carbonyl (C=O) groups is 1. The number of rotatable bonds is 10. The summed E-state index contributed by atoms with van der Waals surface area (Å²) in [6.45, 7) is 5.51. The van der Waals surface area contributed by atoms with Crippen LogP contribution in [0.25, 0.3) is 0 Å². The van der Waals surface area contributed by atoms with Crippen LogP contribution >= 0.6 is 0 Å². The largest absolute Gasteiger partial charge is 0.353 e. The van der Waals surface area contributed by atoms with Gasteiger partial charge in [-0.2, -0.15) is 0 Å². The minimum atomic E-state index is -0.564. The van der Waals surface area contributed by atoms with Crippen molar-refractivity contribution in [1.29, 1.82) is 0 Å². The molecule has 1 fully saturated rings. The van der Waals surface area contributed by atoms with Crippen LogP contribution in [0, 0.1) is 0 Å². The Morgan fingerprint density at radius 1 is 1.38 bits per heavy atom. The van der Waals surface area contributed by atoms with Crippen molar-refractivity contribution in [1.82, 2.24) is 19.8 Å². The third kappa shape index (κ3) is 5.41. The van der Waals surface area contributed by atoms with Crippen LogP contribution in [0.4, 0.5) is 0 Å². The SMILES string of the molecule is CCN(CCNC(=O)[C@@H](N)Cc1cn(Cc2ccccc2)cn1)C1CC1. The summed E-state index contributed by atoms with van der Waals surface area (Å²) in [5.41, 5.74) is 8.12. The van der Waals surface area contributed by atoms with Gasteiger partial charge in [-0.3, -0.25) is 9.69 Å². The highest BCUT2D eigenvalue weighted by molar-refractivity contribution is 5.81. The number of hydrogen-bond donors (Lipinski definition) is 2. The highest BCUT2D eigenvalue weighted by Gasteiger charge is 2.27. The molecular formula is C20H29N5O. The van der Waals surface area contributed by atoms with E-state index >= 15 is 0 Å². The molecule has 0 bridgehead atoms. The summed E-state index contributed by atoms with van der Waals surface area (Å²) < 4.78 is 2.02. The van der Waals surface area contributed by atoms with E-state index in [-0.39, 0.29) is 5.91 Å². The molecule has 140 valence electrons. The maximum atomic E-state index is 12.2. The van der Waals surface area contributed by atoms with Gasteiger partial charge in [0, 0.05) is 38.3 Å². The normalized spacial score (nSPS) is 15.2. The van der Waals surface area contributed by atoms with Crippen LogP contribution in [0.5, 0.6) is 0 Å². The second-order valence-electron chi connectivity index (χ2n) is 6.98. The topological polar surface area (TPSA) is 76.2 Å². The molecule has 1 saturated carbocycles. The number of nitrogens with two attached hydrogens (primary N) is 1. The second-order valence-corrected chi connectivity index (χ2v) is 6.98. The van der Waals surface area contributed by atoms with Gasteiger partial charge in [0.2, 0.25) is 5.91 Å². The molecule has 1 aliphatic rings. The first kappa shape index (κ1) is 18.6. The van der Waals surface area contributed by atoms with E-state index in [0.717, 1.165) is 31.4 Å². The second kappa shape index (κ2) is 8.96. The summed E-state index contributed by atoms with van der Waals surface area (Å²) in [6, 6.07) is 10.4. The van der Waals surface area contributed by atoms with Gasteiger partial charge in [-0.1, -0.05) is 37.3 Å². The fraction of sp³-hybridized carbons (Fsp3) is 0.500. The lowest BCUT2D eigenvalue weighted by molar-refractivity contribution is -0.122. The van der Waals surface area contributed by atoms with Gasteiger partial charge in [-0.15, -0.1) is 0 Å². The molecule has 0 radical (unpaired) electrons. The number of nitrogens with zero attached hydrogens (tertiary/aromatic N) is 3. The van der Waals surface area contributed by atoms with Gasteiger partial charge in [0.1, 0.15) is 0 Å². The lowest BCUT2D eigenvalue weighted by atomic mass is 10.1. The van der Waals surface area contributed by atoms with E-state index in [1.54, 1.807) is 6.33 Å². The van der Waals surface area contributed by atoms with Crippen LogP contribution in [0.15, 0.2) is 42.9 Å². The van der Waals surface area contributed by atoms with Crippen molar-refractivity contribution in [3.8, 4) is 0 Å². The van der Waals surface area contributed by atoms with Crippen molar-refractivity contribution in [3.05, 3.63) is 54.1 Å². The maximum absolute atomic E-state index is 12.2. The Kier molecular flexibility index (Phi) is 6.41. The van der Waals surface area contributed by atoms with Gasteiger partial charge >= 0.3 is 0 Å². The van der Waals surface area contributed by atoms with Crippen LogP contribution in [0.2, 0.25) is 0 Å². The third-order valence-electron chi connectivity index (χ3n) is 4.83. The average Bonchev–Trinajstić information content (AvgIpc) is 3.40. The zero-order chi connectivity index (χ0) is 18.4. The number of likely N-dealkylation sites (N-methyl/N-ethyl adjacent to an activating group) is 1. The van der Waals surface area contributed by atoms with Gasteiger partial charge in [0.05, 0.1) is 18.1 Å². The van der Waals surface area contributed by atoms with Gasteiger partial charge in [-0.05, 0) is 24.9 Å². The molecule has 3 N–H and O–H groups in total. The fourth-order valence-corrected chi connectivity index (χ4v) is 3.20. The molecule has 6 nitrogen and oxygen atoms in total. The number of nitrogens with one attached hydrogen (secondary N) is 1. The van der Waals surface area contributed by atoms with E-state index < -0.39 is 6.04 Å². The quantitative estimate of drug-likeness (QED) is 0.675. The lowest BCUT2D eigenvalue weighted by Crippen LogP contribution is -2.45. The fourth-order valence-electron chi connectivity index (χ4n) is 3.20. The van der Waals surface area contributed by atoms with Gasteiger partial charge in [-0.25, -0.2) is 4.98 Å². The monoisotopic (exact) mass is 355 g/mol. The average molecular weight is 355 g/mol. The zero-order valence-electron chi connectivity index (χ0n) is 15.5. The molecule has 0 unspecified atom stereocenters. The number of benzene rings is 1. The van der Waals surface area contributed by atoms with Gasteiger partial charge in [0.25, 0.3) is 0 Å². The van der Waals surface area contributed by atoms with E-state index in [9.17, 15) is 4.79 Å². The predicted molar refractivity (Wildman–Crippen MR) is 103 cm³/mol. The molecule has 1 aliphatic carbocycles. The first-order chi connectivity index (χ1) is 12.7. The number of aromatic nitrogens is 2.